The summed E-state index contributed by atoms with van der Waals surface area (Å²) in [5.41, 5.74) is 0.134. The van der Waals surface area contributed by atoms with Crippen molar-refractivity contribution in [1.29, 1.82) is 0 Å². The van der Waals surface area contributed by atoms with Crippen LogP contribution in [0.2, 0.25) is 0 Å². The summed E-state index contributed by atoms with van der Waals surface area (Å²) in [4.78, 5) is 23.8. The van der Waals surface area contributed by atoms with Gasteiger partial charge in [0.2, 0.25) is 0 Å². The minimum atomic E-state index is -4.13. The first-order valence-electron chi connectivity index (χ1n) is 7.95. The van der Waals surface area contributed by atoms with Gasteiger partial charge in [-0.25, -0.2) is 8.42 Å². The van der Waals surface area contributed by atoms with Crippen molar-refractivity contribution in [2.24, 2.45) is 0 Å². The van der Waals surface area contributed by atoms with E-state index in [1.807, 2.05) is 13.8 Å². The molecule has 0 unspecified atom stereocenters. The van der Waals surface area contributed by atoms with Crippen LogP contribution in [0.1, 0.15) is 24.2 Å². The first kappa shape index (κ1) is 19.4. The third-order valence-corrected chi connectivity index (χ3v) is 5.21. The molecule has 8 nitrogen and oxygen atoms in total. The number of rotatable bonds is 7. The van der Waals surface area contributed by atoms with Gasteiger partial charge in [0.15, 0.2) is 4.90 Å². The van der Waals surface area contributed by atoms with Crippen molar-refractivity contribution in [2.75, 3.05) is 17.8 Å². The van der Waals surface area contributed by atoms with Crippen LogP contribution in [0.15, 0.2) is 53.4 Å². The number of nitro benzene ring substituents is 1. The molecule has 0 bridgehead atoms. The van der Waals surface area contributed by atoms with Gasteiger partial charge in [-0.05, 0) is 44.2 Å². The molecule has 0 atom stereocenters. The molecule has 0 fully saturated rings. The molecule has 0 saturated carbocycles. The van der Waals surface area contributed by atoms with E-state index in [0.717, 1.165) is 6.07 Å². The molecule has 0 aliphatic heterocycles. The molecule has 0 spiro atoms. The Balaban J connectivity index is 2.26. The highest BCUT2D eigenvalue weighted by molar-refractivity contribution is 7.92. The van der Waals surface area contributed by atoms with Gasteiger partial charge in [-0.3, -0.25) is 19.6 Å². The summed E-state index contributed by atoms with van der Waals surface area (Å²) in [5, 5.41) is 11.0. The number of hydrogen-bond donors (Lipinski definition) is 1. The van der Waals surface area contributed by atoms with Gasteiger partial charge in [0, 0.05) is 30.4 Å². The topological polar surface area (TPSA) is 110 Å². The lowest BCUT2D eigenvalue weighted by Crippen LogP contribution is -2.30. The second kappa shape index (κ2) is 7.96. The maximum absolute atomic E-state index is 12.5. The summed E-state index contributed by atoms with van der Waals surface area (Å²) in [6.07, 6.45) is 0. The second-order valence-corrected chi connectivity index (χ2v) is 7.04. The average Bonchev–Trinajstić information content (AvgIpc) is 2.63. The van der Waals surface area contributed by atoms with Gasteiger partial charge >= 0.3 is 0 Å². The van der Waals surface area contributed by atoms with Crippen molar-refractivity contribution in [2.45, 2.75) is 18.7 Å². The molecule has 1 N–H and O–H groups in total. The van der Waals surface area contributed by atoms with Crippen molar-refractivity contribution in [3.63, 3.8) is 0 Å². The van der Waals surface area contributed by atoms with Gasteiger partial charge in [-0.15, -0.1) is 0 Å². The summed E-state index contributed by atoms with van der Waals surface area (Å²) < 4.78 is 27.2. The standard InChI is InChI=1S/C17H19N3O5S/c1-3-19(4-2)17(21)13-9-11-14(12-10-13)18-26(24,25)16-8-6-5-7-15(16)20(22)23/h5-12,18H,3-4H2,1-2H3. The van der Waals surface area contributed by atoms with Gasteiger partial charge in [0.05, 0.1) is 4.92 Å². The minimum absolute atomic E-state index is 0.150. The Hall–Kier alpha value is -2.94. The summed E-state index contributed by atoms with van der Waals surface area (Å²) in [7, 11) is -4.13. The third kappa shape index (κ3) is 4.17. The number of nitrogens with one attached hydrogen (secondary N) is 1. The lowest BCUT2D eigenvalue weighted by molar-refractivity contribution is -0.387. The van der Waals surface area contributed by atoms with Gasteiger partial charge in [-0.2, -0.15) is 0 Å². The molecule has 0 heterocycles. The fraction of sp³-hybridized carbons (Fsp3) is 0.235. The fourth-order valence-corrected chi connectivity index (χ4v) is 3.65. The quantitative estimate of drug-likeness (QED) is 0.589. The number of nitrogens with zero attached hydrogens (tertiary/aromatic N) is 2. The number of benzene rings is 2. The molecular weight excluding hydrogens is 358 g/mol. The predicted molar refractivity (Wildman–Crippen MR) is 97.6 cm³/mol. The van der Waals surface area contributed by atoms with Crippen LogP contribution < -0.4 is 4.72 Å². The number of carbonyl (C=O) groups is 1. The number of para-hydroxylation sites is 1. The first-order chi connectivity index (χ1) is 12.3. The smallest absolute Gasteiger partial charge is 0.289 e. The molecule has 9 heteroatoms. The Kier molecular flexibility index (Phi) is 5.93. The molecule has 0 radical (unpaired) electrons. The number of amides is 1. The Morgan fingerprint density at radius 3 is 2.19 bits per heavy atom. The summed E-state index contributed by atoms with van der Waals surface area (Å²) in [5.74, 6) is -0.150. The van der Waals surface area contributed by atoms with E-state index in [1.54, 1.807) is 4.90 Å². The van der Waals surface area contributed by atoms with Crippen LogP contribution >= 0.6 is 0 Å². The number of anilines is 1. The predicted octanol–water partition coefficient (Wildman–Crippen LogP) is 2.88. The number of carbonyl (C=O) groups excluding carboxylic acids is 1. The lowest BCUT2D eigenvalue weighted by Gasteiger charge is -2.18. The van der Waals surface area contributed by atoms with E-state index in [-0.39, 0.29) is 11.6 Å². The maximum atomic E-state index is 12.5. The van der Waals surface area contributed by atoms with Crippen molar-refractivity contribution in [3.05, 3.63) is 64.2 Å². The highest BCUT2D eigenvalue weighted by Gasteiger charge is 2.25. The number of sulfonamides is 1. The van der Waals surface area contributed by atoms with Crippen molar-refractivity contribution in [3.8, 4) is 0 Å². The Morgan fingerprint density at radius 2 is 1.65 bits per heavy atom. The van der Waals surface area contributed by atoms with Crippen LogP contribution in [-0.4, -0.2) is 37.2 Å². The van der Waals surface area contributed by atoms with E-state index in [2.05, 4.69) is 4.72 Å². The zero-order valence-corrected chi connectivity index (χ0v) is 15.2. The summed E-state index contributed by atoms with van der Waals surface area (Å²) >= 11 is 0. The largest absolute Gasteiger partial charge is 0.339 e. The van der Waals surface area contributed by atoms with Crippen molar-refractivity contribution in [1.82, 2.24) is 4.90 Å². The summed E-state index contributed by atoms with van der Waals surface area (Å²) in [6, 6.07) is 11.0. The molecular formula is C17H19N3O5S. The molecule has 26 heavy (non-hydrogen) atoms. The third-order valence-electron chi connectivity index (χ3n) is 3.79. The van der Waals surface area contributed by atoms with E-state index in [9.17, 15) is 23.3 Å². The van der Waals surface area contributed by atoms with Gasteiger partial charge in [0.1, 0.15) is 0 Å². The average molecular weight is 377 g/mol. The molecule has 2 aromatic carbocycles. The molecule has 2 aromatic rings. The minimum Gasteiger partial charge on any atom is -0.339 e. The fourth-order valence-electron chi connectivity index (χ4n) is 2.42. The normalized spacial score (nSPS) is 11.0. The van der Waals surface area contributed by atoms with E-state index in [1.165, 1.54) is 42.5 Å². The molecule has 1 amide bonds. The molecule has 138 valence electrons. The van der Waals surface area contributed by atoms with Crippen LogP contribution in [0.5, 0.6) is 0 Å². The van der Waals surface area contributed by atoms with Crippen LogP contribution in [-0.2, 0) is 10.0 Å². The first-order valence-corrected chi connectivity index (χ1v) is 9.44. The number of hydrogen-bond acceptors (Lipinski definition) is 5. The zero-order chi connectivity index (χ0) is 19.3. The Morgan fingerprint density at radius 1 is 1.08 bits per heavy atom. The van der Waals surface area contributed by atoms with Gasteiger partial charge < -0.3 is 4.90 Å². The SMILES string of the molecule is CCN(CC)C(=O)c1ccc(NS(=O)(=O)c2ccccc2[N+](=O)[O-])cc1. The van der Waals surface area contributed by atoms with Crippen molar-refractivity contribution < 1.29 is 18.1 Å². The molecule has 2 rings (SSSR count). The van der Waals surface area contributed by atoms with E-state index in [4.69, 9.17) is 0 Å². The number of nitro groups is 1. The lowest BCUT2D eigenvalue weighted by atomic mass is 10.2. The van der Waals surface area contributed by atoms with Gasteiger partial charge in [-0.1, -0.05) is 12.1 Å². The van der Waals surface area contributed by atoms with E-state index in [0.29, 0.717) is 18.7 Å². The van der Waals surface area contributed by atoms with Crippen LogP contribution in [0, 0.1) is 10.1 Å². The monoisotopic (exact) mass is 377 g/mol. The molecule has 0 aromatic heterocycles. The molecule has 0 saturated heterocycles. The van der Waals surface area contributed by atoms with E-state index < -0.39 is 25.5 Å². The van der Waals surface area contributed by atoms with Crippen molar-refractivity contribution >= 4 is 27.3 Å². The zero-order valence-electron chi connectivity index (χ0n) is 14.4. The molecule has 0 aliphatic rings. The highest BCUT2D eigenvalue weighted by Crippen LogP contribution is 2.25. The summed E-state index contributed by atoms with van der Waals surface area (Å²) in [6.45, 7) is 4.89. The van der Waals surface area contributed by atoms with E-state index >= 15 is 0 Å². The maximum Gasteiger partial charge on any atom is 0.289 e. The van der Waals surface area contributed by atoms with Crippen LogP contribution in [0.25, 0.3) is 0 Å². The molecule has 0 aliphatic carbocycles. The Bertz CT molecular complexity index is 906. The highest BCUT2D eigenvalue weighted by atomic mass is 32.2. The second-order valence-electron chi connectivity index (χ2n) is 5.39. The van der Waals surface area contributed by atoms with Crippen LogP contribution in [0.3, 0.4) is 0 Å². The van der Waals surface area contributed by atoms with Gasteiger partial charge in [0.25, 0.3) is 21.6 Å². The van der Waals surface area contributed by atoms with Crippen LogP contribution in [0.4, 0.5) is 11.4 Å². The Labute approximate surface area is 151 Å².